The maximum atomic E-state index is 11.1. The normalized spacial score (nSPS) is 11.6. The molecule has 2 heterocycles. The first-order valence-corrected chi connectivity index (χ1v) is 16.2. The number of nitrogens with one attached hydrogen (secondary N) is 1. The number of aliphatic carboxylic acids is 1. The molecule has 1 atom stereocenters. The Kier molecular flexibility index (Phi) is 11.6. The lowest BCUT2D eigenvalue weighted by Crippen LogP contribution is -2.23. The van der Waals surface area contributed by atoms with Crippen molar-refractivity contribution in [3.8, 4) is 34.4 Å². The Bertz CT molecular complexity index is 1990. The molecule has 5 aromatic rings. The highest BCUT2D eigenvalue weighted by molar-refractivity contribution is 6.32. The molecule has 0 saturated heterocycles. The molecule has 4 N–H and O–H groups in total. The second kappa shape index (κ2) is 16.2. The van der Waals surface area contributed by atoms with Crippen LogP contribution in [0.3, 0.4) is 0 Å². The fourth-order valence-electron chi connectivity index (χ4n) is 5.53. The molecule has 0 aliphatic carbocycles. The van der Waals surface area contributed by atoms with Crippen molar-refractivity contribution in [2.45, 2.75) is 53.5 Å². The smallest absolute Gasteiger partial charge is 0.303 e. The zero-order chi connectivity index (χ0) is 34.9. The van der Waals surface area contributed by atoms with E-state index in [0.29, 0.717) is 47.4 Å². The Morgan fingerprint density at radius 3 is 2.53 bits per heavy atom. The van der Waals surface area contributed by atoms with Gasteiger partial charge in [0.05, 0.1) is 28.2 Å². The minimum atomic E-state index is -0.839. The van der Waals surface area contributed by atoms with Gasteiger partial charge in [-0.05, 0) is 72.3 Å². The molecule has 0 radical (unpaired) electrons. The summed E-state index contributed by atoms with van der Waals surface area (Å²) in [6.45, 7) is 7.67. The molecule has 49 heavy (non-hydrogen) atoms. The van der Waals surface area contributed by atoms with E-state index in [4.69, 9.17) is 31.9 Å². The van der Waals surface area contributed by atoms with Crippen molar-refractivity contribution < 1.29 is 19.4 Å². The van der Waals surface area contributed by atoms with E-state index in [1.54, 1.807) is 29.1 Å². The lowest BCUT2D eigenvalue weighted by molar-refractivity contribution is -0.137. The summed E-state index contributed by atoms with van der Waals surface area (Å²) in [6, 6.07) is 19.6. The highest BCUT2D eigenvalue weighted by Gasteiger charge is 2.16. The van der Waals surface area contributed by atoms with Gasteiger partial charge in [0, 0.05) is 49.1 Å². The summed E-state index contributed by atoms with van der Waals surface area (Å²) in [5, 5.41) is 30.5. The molecule has 0 aliphatic heterocycles. The number of hydrogen-bond acceptors (Lipinski definition) is 9. The summed E-state index contributed by atoms with van der Waals surface area (Å²) >= 11 is 6.76. The standard InChI is InChI=1S/C37H38ClN7O4/c1-23(10-37(46)47)16-41-19-29-12-33(38)36(13-35(29)48-21-27-11-26(14-39)17-42-18-27)49-22-28-6-4-7-31(24(28)2)32-8-5-9-34(25(32)3)45-20-30(15-40)43-44-45/h4-9,11-13,17-18,20,23,41H,10,15-16,19,21-22,40H2,1-3H3,(H,46,47)/t23-/m0/s1. The van der Waals surface area contributed by atoms with Crippen LogP contribution in [0.15, 0.2) is 73.2 Å². The van der Waals surface area contributed by atoms with Gasteiger partial charge >= 0.3 is 5.97 Å². The average Bonchev–Trinajstić information content (AvgIpc) is 3.57. The Hall–Kier alpha value is -5.28. The lowest BCUT2D eigenvalue weighted by atomic mass is 9.93. The summed E-state index contributed by atoms with van der Waals surface area (Å²) in [7, 11) is 0. The molecule has 2 aromatic heterocycles. The number of nitrogens with two attached hydrogens (primary N) is 1. The van der Waals surface area contributed by atoms with Crippen molar-refractivity contribution in [1.29, 1.82) is 5.26 Å². The first-order chi connectivity index (χ1) is 23.7. The maximum Gasteiger partial charge on any atom is 0.303 e. The molecule has 0 saturated carbocycles. The van der Waals surface area contributed by atoms with E-state index in [-0.39, 0.29) is 25.6 Å². The van der Waals surface area contributed by atoms with Gasteiger partial charge in [-0.25, -0.2) is 4.68 Å². The van der Waals surface area contributed by atoms with Crippen LogP contribution in [0.1, 0.15) is 52.4 Å². The van der Waals surface area contributed by atoms with Crippen molar-refractivity contribution in [2.75, 3.05) is 6.54 Å². The van der Waals surface area contributed by atoms with E-state index in [1.165, 1.54) is 6.20 Å². The van der Waals surface area contributed by atoms with Crippen LogP contribution in [0.2, 0.25) is 5.02 Å². The number of pyridine rings is 1. The van der Waals surface area contributed by atoms with Crippen molar-refractivity contribution in [3.63, 3.8) is 0 Å². The zero-order valence-corrected chi connectivity index (χ0v) is 28.4. The molecule has 0 fully saturated rings. The number of rotatable bonds is 15. The first kappa shape index (κ1) is 35.0. The number of benzene rings is 3. The van der Waals surface area contributed by atoms with Crippen LogP contribution in [0.5, 0.6) is 11.5 Å². The number of nitrogens with zero attached hydrogens (tertiary/aromatic N) is 5. The second-order valence-corrected chi connectivity index (χ2v) is 12.3. The van der Waals surface area contributed by atoms with E-state index in [2.05, 4.69) is 52.7 Å². The third kappa shape index (κ3) is 8.80. The number of carboxylic acids is 1. The molecule has 252 valence electrons. The van der Waals surface area contributed by atoms with Crippen LogP contribution in [0, 0.1) is 31.1 Å². The van der Waals surface area contributed by atoms with Crippen LogP contribution in [-0.2, 0) is 31.1 Å². The van der Waals surface area contributed by atoms with Crippen molar-refractivity contribution in [2.24, 2.45) is 11.7 Å². The largest absolute Gasteiger partial charge is 0.488 e. The molecule has 3 aromatic carbocycles. The third-order valence-corrected chi connectivity index (χ3v) is 8.48. The molecule has 0 bridgehead atoms. The molecule has 11 nitrogen and oxygen atoms in total. The number of ether oxygens (including phenoxy) is 2. The number of nitriles is 1. The fraction of sp³-hybridized carbons (Fsp3) is 0.270. The Morgan fingerprint density at radius 2 is 1.80 bits per heavy atom. The minimum Gasteiger partial charge on any atom is -0.488 e. The van der Waals surface area contributed by atoms with Gasteiger partial charge in [-0.15, -0.1) is 5.10 Å². The Morgan fingerprint density at radius 1 is 1.04 bits per heavy atom. The van der Waals surface area contributed by atoms with E-state index in [9.17, 15) is 10.1 Å². The van der Waals surface area contributed by atoms with Crippen molar-refractivity contribution in [1.82, 2.24) is 25.3 Å². The molecule has 0 amide bonds. The van der Waals surface area contributed by atoms with Gasteiger partial charge in [0.1, 0.15) is 30.8 Å². The topological polar surface area (TPSA) is 161 Å². The van der Waals surface area contributed by atoms with Crippen LogP contribution in [0.25, 0.3) is 16.8 Å². The molecule has 0 aliphatic rings. The van der Waals surface area contributed by atoms with Gasteiger partial charge in [-0.2, -0.15) is 5.26 Å². The predicted octanol–water partition coefficient (Wildman–Crippen LogP) is 6.29. The van der Waals surface area contributed by atoms with Crippen LogP contribution in [0.4, 0.5) is 0 Å². The SMILES string of the molecule is Cc1c(COc2cc(OCc3cncc(C#N)c3)c(CNC[C@@H](C)CC(=O)O)cc2Cl)cccc1-c1cccc(-n2cc(CN)nn2)c1C. The summed E-state index contributed by atoms with van der Waals surface area (Å²) in [6.07, 6.45) is 5.05. The average molecular weight is 680 g/mol. The highest BCUT2D eigenvalue weighted by atomic mass is 35.5. The number of carboxylic acid groups (broad SMARTS) is 1. The molecule has 12 heteroatoms. The molecule has 0 unspecified atom stereocenters. The fourth-order valence-corrected chi connectivity index (χ4v) is 5.77. The monoisotopic (exact) mass is 679 g/mol. The van der Waals surface area contributed by atoms with Gasteiger partial charge in [0.2, 0.25) is 0 Å². The van der Waals surface area contributed by atoms with E-state index in [1.807, 2.05) is 37.4 Å². The van der Waals surface area contributed by atoms with Crippen molar-refractivity contribution in [3.05, 3.63) is 117 Å². The zero-order valence-electron chi connectivity index (χ0n) is 27.6. The predicted molar refractivity (Wildman–Crippen MR) is 186 cm³/mol. The maximum absolute atomic E-state index is 11.1. The van der Waals surface area contributed by atoms with E-state index in [0.717, 1.165) is 44.6 Å². The summed E-state index contributed by atoms with van der Waals surface area (Å²) < 4.78 is 14.3. The molecule has 0 spiro atoms. The quantitative estimate of drug-likeness (QED) is 0.115. The van der Waals surface area contributed by atoms with Gasteiger partial charge in [0.25, 0.3) is 0 Å². The minimum absolute atomic E-state index is 0.0587. The van der Waals surface area contributed by atoms with E-state index < -0.39 is 5.97 Å². The lowest BCUT2D eigenvalue weighted by Gasteiger charge is -2.18. The highest BCUT2D eigenvalue weighted by Crippen LogP contribution is 2.36. The van der Waals surface area contributed by atoms with Crippen molar-refractivity contribution >= 4 is 17.6 Å². The van der Waals surface area contributed by atoms with Crippen LogP contribution < -0.4 is 20.5 Å². The summed E-state index contributed by atoms with van der Waals surface area (Å²) in [5.74, 6) is 0.0997. The third-order valence-electron chi connectivity index (χ3n) is 8.19. The van der Waals surface area contributed by atoms with Gasteiger partial charge < -0.3 is 25.6 Å². The van der Waals surface area contributed by atoms with E-state index >= 15 is 0 Å². The molecular formula is C37H38ClN7O4. The summed E-state index contributed by atoms with van der Waals surface area (Å²) in [4.78, 5) is 15.2. The number of hydrogen-bond donors (Lipinski definition) is 3. The summed E-state index contributed by atoms with van der Waals surface area (Å²) in [5.41, 5.74) is 14.6. The Balaban J connectivity index is 1.37. The van der Waals surface area contributed by atoms with Gasteiger partial charge in [-0.3, -0.25) is 9.78 Å². The van der Waals surface area contributed by atoms with Crippen LogP contribution in [-0.4, -0.2) is 37.6 Å². The number of carbonyl (C=O) groups is 1. The first-order valence-electron chi connectivity index (χ1n) is 15.8. The molecule has 5 rings (SSSR count). The van der Waals surface area contributed by atoms with Gasteiger partial charge in [-0.1, -0.05) is 54.1 Å². The Labute approximate surface area is 290 Å². The number of aromatic nitrogens is 4. The number of halogens is 1. The van der Waals surface area contributed by atoms with Crippen LogP contribution >= 0.6 is 11.6 Å². The second-order valence-electron chi connectivity index (χ2n) is 11.9. The molecular weight excluding hydrogens is 642 g/mol. The van der Waals surface area contributed by atoms with Gasteiger partial charge in [0.15, 0.2) is 0 Å².